The van der Waals surface area contributed by atoms with E-state index < -0.39 is 23.6 Å². The predicted octanol–water partition coefficient (Wildman–Crippen LogP) is 2.98. The molecule has 0 aromatic heterocycles. The Hall–Kier alpha value is -1.01. The first-order chi connectivity index (χ1) is 7.91. The van der Waals surface area contributed by atoms with Crippen LogP contribution in [-0.2, 0) is 4.79 Å². The minimum atomic E-state index is -0.931. The summed E-state index contributed by atoms with van der Waals surface area (Å²) in [7, 11) is 0. The molecule has 0 radical (unpaired) electrons. The molecule has 0 aliphatic rings. The van der Waals surface area contributed by atoms with E-state index in [1.807, 2.05) is 0 Å². The minimum Gasteiger partial charge on any atom is -0.481 e. The summed E-state index contributed by atoms with van der Waals surface area (Å²) >= 11 is 2.87. The fourth-order valence-electron chi connectivity index (χ4n) is 1.45. The second-order valence-electron chi connectivity index (χ2n) is 3.68. The molecule has 0 aliphatic carbocycles. The molecule has 3 nitrogen and oxygen atoms in total. The van der Waals surface area contributed by atoms with Gasteiger partial charge in [0.25, 0.3) is 0 Å². The molecule has 1 rings (SSSR count). The maximum atomic E-state index is 13.5. The van der Waals surface area contributed by atoms with Crippen LogP contribution in [0, 0.1) is 11.6 Å². The van der Waals surface area contributed by atoms with Crippen molar-refractivity contribution in [1.29, 1.82) is 0 Å². The Morgan fingerprint density at radius 3 is 2.65 bits per heavy atom. The fraction of sp³-hybridized carbons (Fsp3) is 0.364. The smallest absolute Gasteiger partial charge is 0.303 e. The van der Waals surface area contributed by atoms with Crippen LogP contribution in [0.25, 0.3) is 0 Å². The van der Waals surface area contributed by atoms with Crippen LogP contribution in [0.15, 0.2) is 16.6 Å². The standard InChI is InChI=1S/C11H12BrF2NO2/c12-7-5-8(13)6(4-9(7)14)10(15)2-1-3-11(16)17/h4-5,10H,1-3,15H2,(H,16,17). The third-order valence-corrected chi connectivity index (χ3v) is 2.95. The number of benzene rings is 1. The van der Waals surface area contributed by atoms with E-state index in [9.17, 15) is 13.6 Å². The van der Waals surface area contributed by atoms with Crippen molar-refractivity contribution in [1.82, 2.24) is 0 Å². The molecule has 0 saturated heterocycles. The topological polar surface area (TPSA) is 63.3 Å². The molecule has 0 saturated carbocycles. The number of halogens is 3. The molecular weight excluding hydrogens is 296 g/mol. The van der Waals surface area contributed by atoms with Crippen molar-refractivity contribution in [3.63, 3.8) is 0 Å². The minimum absolute atomic E-state index is 0.0334. The molecule has 0 aliphatic heterocycles. The Morgan fingerprint density at radius 2 is 2.06 bits per heavy atom. The van der Waals surface area contributed by atoms with Crippen LogP contribution in [0.4, 0.5) is 8.78 Å². The van der Waals surface area contributed by atoms with Gasteiger partial charge in [-0.1, -0.05) is 0 Å². The second kappa shape index (κ2) is 6.07. The highest BCUT2D eigenvalue weighted by molar-refractivity contribution is 9.10. The predicted molar refractivity (Wildman–Crippen MR) is 62.5 cm³/mol. The number of hydrogen-bond acceptors (Lipinski definition) is 2. The SMILES string of the molecule is NC(CCCC(=O)O)c1cc(F)c(Br)cc1F. The highest BCUT2D eigenvalue weighted by Crippen LogP contribution is 2.25. The normalized spacial score (nSPS) is 12.5. The summed E-state index contributed by atoms with van der Waals surface area (Å²) in [4.78, 5) is 10.3. The summed E-state index contributed by atoms with van der Waals surface area (Å²) in [6, 6.07) is 1.35. The Morgan fingerprint density at radius 1 is 1.41 bits per heavy atom. The van der Waals surface area contributed by atoms with E-state index in [2.05, 4.69) is 15.9 Å². The maximum absolute atomic E-state index is 13.5. The molecule has 1 aromatic rings. The average Bonchev–Trinajstić information content (AvgIpc) is 2.22. The lowest BCUT2D eigenvalue weighted by Crippen LogP contribution is -2.13. The molecule has 17 heavy (non-hydrogen) atoms. The van der Waals surface area contributed by atoms with Gasteiger partial charge in [0.05, 0.1) is 4.47 Å². The Kier molecular flexibility index (Phi) is 5.02. The molecule has 0 bridgehead atoms. The van der Waals surface area contributed by atoms with Crippen molar-refractivity contribution < 1.29 is 18.7 Å². The third kappa shape index (κ3) is 4.05. The summed E-state index contributed by atoms with van der Waals surface area (Å²) in [5, 5.41) is 8.45. The number of aliphatic carboxylic acids is 1. The maximum Gasteiger partial charge on any atom is 0.303 e. The lowest BCUT2D eigenvalue weighted by Gasteiger charge is -2.13. The first kappa shape index (κ1) is 14.1. The molecule has 3 N–H and O–H groups in total. The van der Waals surface area contributed by atoms with Gasteiger partial charge in [-0.15, -0.1) is 0 Å². The quantitative estimate of drug-likeness (QED) is 0.822. The van der Waals surface area contributed by atoms with Crippen molar-refractivity contribution in [3.05, 3.63) is 33.8 Å². The van der Waals surface area contributed by atoms with Crippen molar-refractivity contribution in [2.24, 2.45) is 5.73 Å². The van der Waals surface area contributed by atoms with Crippen LogP contribution in [0.2, 0.25) is 0 Å². The summed E-state index contributed by atoms with van der Waals surface area (Å²) < 4.78 is 26.7. The van der Waals surface area contributed by atoms with E-state index in [0.29, 0.717) is 12.8 Å². The van der Waals surface area contributed by atoms with Gasteiger partial charge < -0.3 is 10.8 Å². The van der Waals surface area contributed by atoms with Crippen LogP contribution in [0.3, 0.4) is 0 Å². The third-order valence-electron chi connectivity index (χ3n) is 2.34. The summed E-state index contributed by atoms with van der Waals surface area (Å²) in [6.45, 7) is 0. The number of carbonyl (C=O) groups is 1. The summed E-state index contributed by atoms with van der Waals surface area (Å²) in [5.41, 5.74) is 5.75. The first-order valence-corrected chi connectivity index (χ1v) is 5.83. The monoisotopic (exact) mass is 307 g/mol. The van der Waals surface area contributed by atoms with Gasteiger partial charge in [-0.05, 0) is 40.9 Å². The highest BCUT2D eigenvalue weighted by Gasteiger charge is 2.15. The molecule has 0 fully saturated rings. The van der Waals surface area contributed by atoms with E-state index in [1.54, 1.807) is 0 Å². The molecule has 94 valence electrons. The number of carboxylic acid groups (broad SMARTS) is 1. The zero-order chi connectivity index (χ0) is 13.0. The number of rotatable bonds is 5. The Bertz CT molecular complexity index is 426. The van der Waals surface area contributed by atoms with E-state index >= 15 is 0 Å². The van der Waals surface area contributed by atoms with E-state index in [4.69, 9.17) is 10.8 Å². The van der Waals surface area contributed by atoms with Gasteiger partial charge in [-0.3, -0.25) is 4.79 Å². The van der Waals surface area contributed by atoms with Crippen LogP contribution < -0.4 is 5.73 Å². The van der Waals surface area contributed by atoms with Gasteiger partial charge >= 0.3 is 5.97 Å². The molecule has 0 amide bonds. The fourth-order valence-corrected chi connectivity index (χ4v) is 1.77. The molecule has 1 unspecified atom stereocenters. The first-order valence-electron chi connectivity index (χ1n) is 5.03. The molecule has 0 spiro atoms. The summed E-state index contributed by atoms with van der Waals surface area (Å²) in [6.07, 6.45) is 0.590. The van der Waals surface area contributed by atoms with Crippen molar-refractivity contribution in [2.75, 3.05) is 0 Å². The second-order valence-corrected chi connectivity index (χ2v) is 4.53. The van der Waals surface area contributed by atoms with E-state index in [-0.39, 0.29) is 16.5 Å². The van der Waals surface area contributed by atoms with E-state index in [1.165, 1.54) is 0 Å². The zero-order valence-electron chi connectivity index (χ0n) is 8.92. The summed E-state index contributed by atoms with van der Waals surface area (Å²) in [5.74, 6) is -2.11. The van der Waals surface area contributed by atoms with Crippen LogP contribution in [0.5, 0.6) is 0 Å². The highest BCUT2D eigenvalue weighted by atomic mass is 79.9. The van der Waals surface area contributed by atoms with E-state index in [0.717, 1.165) is 12.1 Å². The van der Waals surface area contributed by atoms with Crippen molar-refractivity contribution >= 4 is 21.9 Å². The molecule has 6 heteroatoms. The molecule has 1 aromatic carbocycles. The van der Waals surface area contributed by atoms with Gasteiger partial charge in [0.1, 0.15) is 11.6 Å². The van der Waals surface area contributed by atoms with Crippen molar-refractivity contribution in [2.45, 2.75) is 25.3 Å². The number of carboxylic acids is 1. The van der Waals surface area contributed by atoms with Crippen molar-refractivity contribution in [3.8, 4) is 0 Å². The molecule has 1 atom stereocenters. The Balaban J connectivity index is 2.71. The zero-order valence-corrected chi connectivity index (χ0v) is 10.5. The van der Waals surface area contributed by atoms with Crippen LogP contribution in [0.1, 0.15) is 30.9 Å². The van der Waals surface area contributed by atoms with Gasteiger partial charge in [0.15, 0.2) is 0 Å². The van der Waals surface area contributed by atoms with Crippen LogP contribution in [-0.4, -0.2) is 11.1 Å². The Labute approximate surface area is 106 Å². The largest absolute Gasteiger partial charge is 0.481 e. The lowest BCUT2D eigenvalue weighted by atomic mass is 10.0. The van der Waals surface area contributed by atoms with Gasteiger partial charge in [-0.25, -0.2) is 8.78 Å². The number of hydrogen-bond donors (Lipinski definition) is 2. The average molecular weight is 308 g/mol. The molecular formula is C11H12BrF2NO2. The van der Waals surface area contributed by atoms with Gasteiger partial charge in [0, 0.05) is 18.0 Å². The van der Waals surface area contributed by atoms with Gasteiger partial charge in [-0.2, -0.15) is 0 Å². The molecule has 0 heterocycles. The van der Waals surface area contributed by atoms with Gasteiger partial charge in [0.2, 0.25) is 0 Å². The van der Waals surface area contributed by atoms with Crippen LogP contribution >= 0.6 is 15.9 Å². The lowest BCUT2D eigenvalue weighted by molar-refractivity contribution is -0.137. The number of nitrogens with two attached hydrogens (primary N) is 1.